The molecule has 6 nitrogen and oxygen atoms in total. The molecule has 1 saturated heterocycles. The maximum absolute atomic E-state index is 14.3. The second-order valence-corrected chi connectivity index (χ2v) is 7.41. The monoisotopic (exact) mass is 388 g/mol. The Hall–Kier alpha value is -3.32. The molecule has 0 radical (unpaired) electrons. The summed E-state index contributed by atoms with van der Waals surface area (Å²) in [5.74, 6) is -0.302. The zero-order chi connectivity index (χ0) is 19.8. The van der Waals surface area contributed by atoms with Crippen molar-refractivity contribution < 1.29 is 4.39 Å². The summed E-state index contributed by atoms with van der Waals surface area (Å²) in [5.41, 5.74) is 10.8. The number of nitrogens with one attached hydrogen (secondary N) is 1. The van der Waals surface area contributed by atoms with Gasteiger partial charge in [-0.1, -0.05) is 12.1 Å². The molecule has 3 aromatic heterocycles. The third kappa shape index (κ3) is 3.23. The number of H-pyrrole nitrogens is 1. The van der Waals surface area contributed by atoms with Crippen LogP contribution < -0.4 is 10.6 Å². The summed E-state index contributed by atoms with van der Waals surface area (Å²) in [5, 5.41) is 8.11. The first kappa shape index (κ1) is 17.8. The lowest BCUT2D eigenvalue weighted by Gasteiger charge is -2.33. The van der Waals surface area contributed by atoms with Gasteiger partial charge in [0, 0.05) is 53.7 Å². The molecule has 4 heterocycles. The van der Waals surface area contributed by atoms with Crippen molar-refractivity contribution in [3.8, 4) is 22.5 Å². The van der Waals surface area contributed by atoms with Gasteiger partial charge in [-0.3, -0.25) is 15.1 Å². The first-order valence-electron chi connectivity index (χ1n) is 9.74. The quantitative estimate of drug-likeness (QED) is 0.558. The lowest BCUT2D eigenvalue weighted by molar-refractivity contribution is 0.506. The number of benzene rings is 1. The van der Waals surface area contributed by atoms with E-state index in [4.69, 9.17) is 5.73 Å². The van der Waals surface area contributed by atoms with Crippen LogP contribution >= 0.6 is 0 Å². The van der Waals surface area contributed by atoms with E-state index >= 15 is 0 Å². The third-order valence-corrected chi connectivity index (χ3v) is 5.45. The van der Waals surface area contributed by atoms with Crippen molar-refractivity contribution in [3.63, 3.8) is 0 Å². The van der Waals surface area contributed by atoms with E-state index in [9.17, 15) is 4.39 Å². The van der Waals surface area contributed by atoms with E-state index in [0.717, 1.165) is 53.8 Å². The van der Waals surface area contributed by atoms with Crippen LogP contribution in [0.4, 0.5) is 10.1 Å². The van der Waals surface area contributed by atoms with Crippen LogP contribution in [0.15, 0.2) is 55.0 Å². The van der Waals surface area contributed by atoms with Gasteiger partial charge in [0.25, 0.3) is 0 Å². The average Bonchev–Trinajstić information content (AvgIpc) is 3.17. The minimum Gasteiger partial charge on any atom is -0.369 e. The molecule has 29 heavy (non-hydrogen) atoms. The topological polar surface area (TPSA) is 83.7 Å². The summed E-state index contributed by atoms with van der Waals surface area (Å²) in [6.45, 7) is 1.77. The number of aromatic nitrogens is 4. The highest BCUT2D eigenvalue weighted by Gasteiger charge is 2.21. The van der Waals surface area contributed by atoms with E-state index in [2.05, 4.69) is 25.1 Å². The van der Waals surface area contributed by atoms with Crippen molar-refractivity contribution in [2.24, 2.45) is 5.73 Å². The van der Waals surface area contributed by atoms with Gasteiger partial charge in [-0.25, -0.2) is 4.39 Å². The minimum atomic E-state index is -0.302. The van der Waals surface area contributed by atoms with E-state index in [1.165, 1.54) is 6.07 Å². The first-order valence-corrected chi connectivity index (χ1v) is 9.74. The number of rotatable bonds is 3. The number of hydrogen-bond acceptors (Lipinski definition) is 5. The van der Waals surface area contributed by atoms with Gasteiger partial charge in [0.2, 0.25) is 0 Å². The van der Waals surface area contributed by atoms with Gasteiger partial charge in [-0.15, -0.1) is 0 Å². The van der Waals surface area contributed by atoms with Crippen LogP contribution in [0, 0.1) is 5.82 Å². The van der Waals surface area contributed by atoms with Crippen molar-refractivity contribution >= 4 is 16.6 Å². The summed E-state index contributed by atoms with van der Waals surface area (Å²) in [6.07, 6.45) is 7.46. The number of fused-ring (bicyclic) bond motifs is 1. The van der Waals surface area contributed by atoms with E-state index in [0.29, 0.717) is 11.3 Å². The lowest BCUT2D eigenvalue weighted by atomic mass is 10.0. The van der Waals surface area contributed by atoms with Crippen molar-refractivity contribution in [2.75, 3.05) is 18.0 Å². The molecule has 0 unspecified atom stereocenters. The predicted octanol–water partition coefficient (Wildman–Crippen LogP) is 3.75. The van der Waals surface area contributed by atoms with Gasteiger partial charge < -0.3 is 10.6 Å². The van der Waals surface area contributed by atoms with Crippen LogP contribution in [-0.2, 0) is 0 Å². The molecule has 0 aliphatic carbocycles. The van der Waals surface area contributed by atoms with Crippen molar-refractivity contribution in [2.45, 2.75) is 18.9 Å². The summed E-state index contributed by atoms with van der Waals surface area (Å²) in [4.78, 5) is 11.2. The molecule has 0 amide bonds. The molecular weight excluding hydrogens is 367 g/mol. The van der Waals surface area contributed by atoms with Crippen molar-refractivity contribution in [1.29, 1.82) is 0 Å². The largest absolute Gasteiger partial charge is 0.369 e. The highest BCUT2D eigenvalue weighted by molar-refractivity contribution is 5.95. The van der Waals surface area contributed by atoms with Crippen molar-refractivity contribution in [3.05, 3.63) is 60.8 Å². The maximum Gasteiger partial charge on any atom is 0.132 e. The molecule has 5 rings (SSSR count). The molecule has 1 aliphatic rings. The number of halogens is 1. The molecule has 0 bridgehead atoms. The second-order valence-electron chi connectivity index (χ2n) is 7.41. The number of nitrogens with two attached hydrogens (primary N) is 1. The Bertz CT molecular complexity index is 1170. The van der Waals surface area contributed by atoms with E-state index in [1.54, 1.807) is 30.6 Å². The Balaban J connectivity index is 1.62. The molecule has 7 heteroatoms. The summed E-state index contributed by atoms with van der Waals surface area (Å²) in [7, 11) is 0. The fraction of sp³-hybridized carbons (Fsp3) is 0.227. The van der Waals surface area contributed by atoms with Gasteiger partial charge in [0.1, 0.15) is 11.5 Å². The van der Waals surface area contributed by atoms with Gasteiger partial charge in [-0.05, 0) is 37.1 Å². The van der Waals surface area contributed by atoms with Gasteiger partial charge in [0.05, 0.1) is 17.4 Å². The molecule has 1 atom stereocenters. The van der Waals surface area contributed by atoms with Gasteiger partial charge >= 0.3 is 0 Å². The van der Waals surface area contributed by atoms with Gasteiger partial charge in [0.15, 0.2) is 0 Å². The smallest absolute Gasteiger partial charge is 0.132 e. The van der Waals surface area contributed by atoms with Crippen LogP contribution in [-0.4, -0.2) is 39.3 Å². The van der Waals surface area contributed by atoms with E-state index < -0.39 is 0 Å². The van der Waals surface area contributed by atoms with E-state index in [1.807, 2.05) is 18.3 Å². The standard InChI is InChI=1S/C22H21FN6/c23-18-6-2-1-5-15(18)22-16-10-19(26-12-20(16)27-28-22)17-11-25-8-7-21(17)29-9-3-4-14(24)13-29/h1-2,5-8,10-12,14H,3-4,9,13,24H2,(H,27,28)/t14-/m0/s1. The Labute approximate surface area is 167 Å². The Morgan fingerprint density at radius 3 is 2.90 bits per heavy atom. The third-order valence-electron chi connectivity index (χ3n) is 5.45. The van der Waals surface area contributed by atoms with Crippen LogP contribution in [0.2, 0.25) is 0 Å². The number of aromatic amines is 1. The van der Waals surface area contributed by atoms with E-state index in [-0.39, 0.29) is 11.9 Å². The minimum absolute atomic E-state index is 0.168. The van der Waals surface area contributed by atoms with Crippen LogP contribution in [0.25, 0.3) is 33.4 Å². The molecule has 0 spiro atoms. The zero-order valence-corrected chi connectivity index (χ0v) is 15.8. The second kappa shape index (κ2) is 7.25. The molecule has 1 aromatic carbocycles. The highest BCUT2D eigenvalue weighted by Crippen LogP contribution is 2.34. The van der Waals surface area contributed by atoms with Crippen LogP contribution in [0.5, 0.6) is 0 Å². The zero-order valence-electron chi connectivity index (χ0n) is 15.8. The van der Waals surface area contributed by atoms with Crippen LogP contribution in [0.1, 0.15) is 12.8 Å². The Morgan fingerprint density at radius 2 is 2.03 bits per heavy atom. The molecule has 146 valence electrons. The fourth-order valence-electron chi connectivity index (χ4n) is 4.01. The van der Waals surface area contributed by atoms with Gasteiger partial charge in [-0.2, -0.15) is 5.10 Å². The number of pyridine rings is 2. The molecule has 1 fully saturated rings. The average molecular weight is 388 g/mol. The number of anilines is 1. The number of hydrogen-bond donors (Lipinski definition) is 2. The Morgan fingerprint density at radius 1 is 1.14 bits per heavy atom. The normalized spacial score (nSPS) is 17.0. The number of nitrogens with zero attached hydrogens (tertiary/aromatic N) is 4. The predicted molar refractivity (Wildman–Crippen MR) is 112 cm³/mol. The molecule has 4 aromatic rings. The fourth-order valence-corrected chi connectivity index (χ4v) is 4.01. The number of piperidine rings is 1. The van der Waals surface area contributed by atoms with Crippen LogP contribution in [0.3, 0.4) is 0 Å². The first-order chi connectivity index (χ1) is 14.2. The summed E-state index contributed by atoms with van der Waals surface area (Å²) >= 11 is 0. The molecule has 3 N–H and O–H groups in total. The Kier molecular flexibility index (Phi) is 4.44. The lowest BCUT2D eigenvalue weighted by Crippen LogP contribution is -2.43. The SMILES string of the molecule is N[C@H]1CCCN(c2ccncc2-c2cc3c(-c4ccccc4F)n[nH]c3cn2)C1. The molecular formula is C22H21FN6. The summed E-state index contributed by atoms with van der Waals surface area (Å²) in [6, 6.07) is 10.8. The molecule has 1 aliphatic heterocycles. The molecule has 0 saturated carbocycles. The van der Waals surface area contributed by atoms with Crippen molar-refractivity contribution in [1.82, 2.24) is 20.2 Å². The maximum atomic E-state index is 14.3. The highest BCUT2D eigenvalue weighted by atomic mass is 19.1. The summed E-state index contributed by atoms with van der Waals surface area (Å²) < 4.78 is 14.3.